The molecule has 1 aromatic rings. The third-order valence-corrected chi connectivity index (χ3v) is 4.22. The van der Waals surface area contributed by atoms with E-state index in [2.05, 4.69) is 34.3 Å². The van der Waals surface area contributed by atoms with Gasteiger partial charge in [-0.25, -0.2) is 4.68 Å². The third kappa shape index (κ3) is 1.70. The van der Waals surface area contributed by atoms with Crippen molar-refractivity contribution >= 4 is 11.5 Å². The second-order valence-electron chi connectivity index (χ2n) is 5.44. The highest BCUT2D eigenvalue weighted by molar-refractivity contribution is 5.71. The van der Waals surface area contributed by atoms with Crippen LogP contribution in [-0.2, 0) is 6.54 Å². The van der Waals surface area contributed by atoms with Crippen molar-refractivity contribution < 1.29 is 0 Å². The van der Waals surface area contributed by atoms with Gasteiger partial charge in [-0.1, -0.05) is 19.3 Å². The lowest BCUT2D eigenvalue weighted by molar-refractivity contribution is 0.332. The molecule has 1 fully saturated rings. The molecule has 0 saturated heterocycles. The molecule has 3 rings (SSSR count). The van der Waals surface area contributed by atoms with Crippen molar-refractivity contribution in [3.05, 3.63) is 5.69 Å². The molecule has 17 heavy (non-hydrogen) atoms. The lowest BCUT2D eigenvalue weighted by Crippen LogP contribution is -2.49. The molecular formula is C13H22N4. The summed E-state index contributed by atoms with van der Waals surface area (Å²) in [5, 5.41) is 12.0. The molecule has 1 saturated carbocycles. The fraction of sp³-hybridized carbons (Fsp3) is 0.769. The lowest BCUT2D eigenvalue weighted by Gasteiger charge is -2.42. The van der Waals surface area contributed by atoms with Gasteiger partial charge in [-0.05, 0) is 26.7 Å². The molecule has 0 atom stereocenters. The van der Waals surface area contributed by atoms with Gasteiger partial charge in [0.25, 0.3) is 0 Å². The fourth-order valence-corrected chi connectivity index (χ4v) is 3.23. The van der Waals surface area contributed by atoms with E-state index in [9.17, 15) is 0 Å². The van der Waals surface area contributed by atoms with Crippen molar-refractivity contribution in [3.63, 3.8) is 0 Å². The van der Waals surface area contributed by atoms with E-state index in [1.54, 1.807) is 0 Å². The SMILES string of the molecule is CCn1nc(C)c2c1NC1(CCCCC1)CN2. The normalized spacial score (nSPS) is 21.8. The van der Waals surface area contributed by atoms with E-state index in [1.807, 2.05) is 0 Å². The minimum absolute atomic E-state index is 0.282. The van der Waals surface area contributed by atoms with Gasteiger partial charge >= 0.3 is 0 Å². The van der Waals surface area contributed by atoms with Crippen LogP contribution < -0.4 is 10.6 Å². The molecule has 2 N–H and O–H groups in total. The zero-order valence-electron chi connectivity index (χ0n) is 10.8. The number of nitrogens with zero attached hydrogens (tertiary/aromatic N) is 2. The Morgan fingerprint density at radius 3 is 2.76 bits per heavy atom. The summed E-state index contributed by atoms with van der Waals surface area (Å²) in [5.41, 5.74) is 2.60. The van der Waals surface area contributed by atoms with E-state index in [1.165, 1.54) is 43.6 Å². The van der Waals surface area contributed by atoms with E-state index >= 15 is 0 Å². The molecule has 1 aromatic heterocycles. The van der Waals surface area contributed by atoms with Crippen molar-refractivity contribution in [2.24, 2.45) is 0 Å². The van der Waals surface area contributed by atoms with Crippen LogP contribution in [0.1, 0.15) is 44.7 Å². The average molecular weight is 234 g/mol. The van der Waals surface area contributed by atoms with E-state index in [4.69, 9.17) is 0 Å². The quantitative estimate of drug-likeness (QED) is 0.785. The number of aromatic nitrogens is 2. The molecule has 0 radical (unpaired) electrons. The van der Waals surface area contributed by atoms with Gasteiger partial charge in [0.05, 0.1) is 11.2 Å². The molecule has 1 aliphatic heterocycles. The molecule has 1 spiro atoms. The first-order valence-electron chi connectivity index (χ1n) is 6.83. The summed E-state index contributed by atoms with van der Waals surface area (Å²) in [4.78, 5) is 0. The summed E-state index contributed by atoms with van der Waals surface area (Å²) in [6.07, 6.45) is 6.66. The van der Waals surface area contributed by atoms with Gasteiger partial charge in [0.2, 0.25) is 0 Å². The van der Waals surface area contributed by atoms with Crippen LogP contribution in [0.15, 0.2) is 0 Å². The van der Waals surface area contributed by atoms with Crippen LogP contribution in [0.25, 0.3) is 0 Å². The van der Waals surface area contributed by atoms with Crippen molar-refractivity contribution in [2.75, 3.05) is 17.2 Å². The molecule has 94 valence electrons. The summed E-state index contributed by atoms with van der Waals surface area (Å²) >= 11 is 0. The van der Waals surface area contributed by atoms with E-state index < -0.39 is 0 Å². The molecule has 1 aliphatic carbocycles. The van der Waals surface area contributed by atoms with Gasteiger partial charge in [-0.3, -0.25) is 0 Å². The summed E-state index contributed by atoms with van der Waals surface area (Å²) in [6, 6.07) is 0. The largest absolute Gasteiger partial charge is 0.378 e. The highest BCUT2D eigenvalue weighted by Crippen LogP contribution is 2.39. The summed E-state index contributed by atoms with van der Waals surface area (Å²) in [5.74, 6) is 1.21. The Morgan fingerprint density at radius 2 is 2.06 bits per heavy atom. The van der Waals surface area contributed by atoms with Crippen LogP contribution >= 0.6 is 0 Å². The van der Waals surface area contributed by atoms with Gasteiger partial charge in [-0.2, -0.15) is 5.10 Å². The Labute approximate surface area is 103 Å². The van der Waals surface area contributed by atoms with Crippen LogP contribution in [0.3, 0.4) is 0 Å². The number of hydrogen-bond donors (Lipinski definition) is 2. The second kappa shape index (κ2) is 3.93. The smallest absolute Gasteiger partial charge is 0.148 e. The molecule has 2 heterocycles. The van der Waals surface area contributed by atoms with Gasteiger partial charge in [0.1, 0.15) is 11.5 Å². The van der Waals surface area contributed by atoms with E-state index in [0.717, 1.165) is 18.8 Å². The van der Waals surface area contributed by atoms with Gasteiger partial charge in [0, 0.05) is 13.1 Å². The van der Waals surface area contributed by atoms with Crippen molar-refractivity contribution in [3.8, 4) is 0 Å². The second-order valence-corrected chi connectivity index (χ2v) is 5.44. The molecule has 0 bridgehead atoms. The van der Waals surface area contributed by atoms with E-state index in [-0.39, 0.29) is 5.54 Å². The van der Waals surface area contributed by atoms with Gasteiger partial charge in [0.15, 0.2) is 0 Å². The van der Waals surface area contributed by atoms with Gasteiger partial charge < -0.3 is 10.6 Å². The highest BCUT2D eigenvalue weighted by Gasteiger charge is 2.37. The Morgan fingerprint density at radius 1 is 1.29 bits per heavy atom. The first-order valence-corrected chi connectivity index (χ1v) is 6.83. The van der Waals surface area contributed by atoms with Crippen molar-refractivity contribution in [1.29, 1.82) is 0 Å². The zero-order chi connectivity index (χ0) is 11.9. The molecule has 2 aliphatic rings. The topological polar surface area (TPSA) is 41.9 Å². The molecule has 0 unspecified atom stereocenters. The summed E-state index contributed by atoms with van der Waals surface area (Å²) in [6.45, 7) is 6.21. The number of aryl methyl sites for hydroxylation is 2. The van der Waals surface area contributed by atoms with Gasteiger partial charge in [-0.15, -0.1) is 0 Å². The predicted molar refractivity (Wildman–Crippen MR) is 70.6 cm³/mol. The number of hydrogen-bond acceptors (Lipinski definition) is 3. The van der Waals surface area contributed by atoms with Crippen molar-refractivity contribution in [2.45, 2.75) is 58.0 Å². The van der Waals surface area contributed by atoms with Crippen LogP contribution in [-0.4, -0.2) is 21.9 Å². The number of nitrogens with one attached hydrogen (secondary N) is 2. The zero-order valence-corrected chi connectivity index (χ0v) is 10.8. The molecule has 0 aromatic carbocycles. The fourth-order valence-electron chi connectivity index (χ4n) is 3.23. The summed E-state index contributed by atoms with van der Waals surface area (Å²) in [7, 11) is 0. The predicted octanol–water partition coefficient (Wildman–Crippen LogP) is 2.75. The summed E-state index contributed by atoms with van der Waals surface area (Å²) < 4.78 is 2.09. The number of anilines is 2. The third-order valence-electron chi connectivity index (χ3n) is 4.22. The molecule has 4 nitrogen and oxygen atoms in total. The molecule has 4 heteroatoms. The number of fused-ring (bicyclic) bond motifs is 1. The Bertz CT molecular complexity index is 415. The van der Waals surface area contributed by atoms with E-state index in [0.29, 0.717) is 0 Å². The van der Waals surface area contributed by atoms with Crippen LogP contribution in [0.4, 0.5) is 11.5 Å². The maximum Gasteiger partial charge on any atom is 0.148 e. The van der Waals surface area contributed by atoms with Crippen LogP contribution in [0, 0.1) is 6.92 Å². The Kier molecular flexibility index (Phi) is 2.53. The Balaban J connectivity index is 1.93. The first kappa shape index (κ1) is 10.9. The first-order chi connectivity index (χ1) is 8.24. The minimum atomic E-state index is 0.282. The minimum Gasteiger partial charge on any atom is -0.378 e. The monoisotopic (exact) mass is 234 g/mol. The van der Waals surface area contributed by atoms with Crippen LogP contribution in [0.5, 0.6) is 0 Å². The van der Waals surface area contributed by atoms with Crippen LogP contribution in [0.2, 0.25) is 0 Å². The number of rotatable bonds is 1. The Hall–Kier alpha value is -1.19. The lowest BCUT2D eigenvalue weighted by atomic mass is 9.80. The molecule has 0 amide bonds. The highest BCUT2D eigenvalue weighted by atomic mass is 15.4. The average Bonchev–Trinajstić information content (AvgIpc) is 2.66. The maximum absolute atomic E-state index is 4.58. The maximum atomic E-state index is 4.58. The standard InChI is InChI=1S/C13H22N4/c1-3-17-12-11(10(2)16-17)14-9-13(15-12)7-5-4-6-8-13/h14-15H,3-9H2,1-2H3. The van der Waals surface area contributed by atoms with Crippen molar-refractivity contribution in [1.82, 2.24) is 9.78 Å². The molecular weight excluding hydrogens is 212 g/mol.